The highest BCUT2D eigenvalue weighted by atomic mass is 16.3. The molecule has 0 saturated carbocycles. The van der Waals surface area contributed by atoms with Gasteiger partial charge in [0.2, 0.25) is 0 Å². The topological polar surface area (TPSA) is 49.5 Å². The largest absolute Gasteiger partial charge is 0.391 e. The van der Waals surface area contributed by atoms with Gasteiger partial charge < -0.3 is 15.7 Å². The molecule has 0 amide bonds. The van der Waals surface area contributed by atoms with Crippen molar-refractivity contribution in [3.05, 3.63) is 0 Å². The third-order valence-corrected chi connectivity index (χ3v) is 2.38. The minimum absolute atomic E-state index is 0.0440. The van der Waals surface area contributed by atoms with Crippen molar-refractivity contribution >= 4 is 0 Å². The van der Waals surface area contributed by atoms with Crippen molar-refractivity contribution in [2.75, 3.05) is 19.6 Å². The quantitative estimate of drug-likeness (QED) is 0.555. The molecule has 0 radical (unpaired) electrons. The minimum atomic E-state index is -0.286. The number of aliphatic hydroxyl groups excluding tert-OH is 1. The van der Waals surface area contributed by atoms with Gasteiger partial charge in [-0.1, -0.05) is 6.92 Å². The van der Waals surface area contributed by atoms with E-state index in [0.29, 0.717) is 0 Å². The first-order valence-electron chi connectivity index (χ1n) is 4.40. The summed E-state index contributed by atoms with van der Waals surface area (Å²) < 4.78 is 0. The molecule has 1 saturated heterocycles. The Kier molecular flexibility index (Phi) is 3.30. The molecule has 1 fully saturated rings. The van der Waals surface area contributed by atoms with E-state index < -0.39 is 0 Å². The molecule has 0 aromatic heterocycles. The second kappa shape index (κ2) is 4.04. The van der Waals surface area contributed by atoms with E-state index in [2.05, 4.69) is 11.8 Å². The number of nitrogens with two attached hydrogens (primary N) is 1. The predicted molar refractivity (Wildman–Crippen MR) is 45.3 cm³/mol. The van der Waals surface area contributed by atoms with Gasteiger partial charge in [-0.2, -0.15) is 0 Å². The molecule has 1 aliphatic heterocycles. The van der Waals surface area contributed by atoms with Gasteiger partial charge in [-0.05, 0) is 25.9 Å². The van der Waals surface area contributed by atoms with Crippen LogP contribution in [-0.2, 0) is 0 Å². The number of nitrogens with zero attached hydrogens (tertiary/aromatic N) is 1. The maximum Gasteiger partial charge on any atom is 0.0704 e. The van der Waals surface area contributed by atoms with Gasteiger partial charge in [-0.3, -0.25) is 0 Å². The molecule has 11 heavy (non-hydrogen) atoms. The van der Waals surface area contributed by atoms with Gasteiger partial charge in [0.05, 0.1) is 6.10 Å². The molecule has 0 spiro atoms. The monoisotopic (exact) mass is 158 g/mol. The molecule has 0 aromatic carbocycles. The average molecular weight is 158 g/mol. The summed E-state index contributed by atoms with van der Waals surface area (Å²) in [5.41, 5.74) is 5.75. The molecular formula is C8H18N2O. The maximum absolute atomic E-state index is 9.42. The highest BCUT2D eigenvalue weighted by Gasteiger charge is 2.20. The van der Waals surface area contributed by atoms with Crippen molar-refractivity contribution in [2.24, 2.45) is 5.73 Å². The van der Waals surface area contributed by atoms with E-state index >= 15 is 0 Å². The first-order valence-corrected chi connectivity index (χ1v) is 4.40. The van der Waals surface area contributed by atoms with E-state index in [0.717, 1.165) is 32.5 Å². The molecule has 3 N–H and O–H groups in total. The van der Waals surface area contributed by atoms with Crippen molar-refractivity contribution in [1.29, 1.82) is 0 Å². The van der Waals surface area contributed by atoms with E-state index in [1.165, 1.54) is 0 Å². The van der Waals surface area contributed by atoms with Gasteiger partial charge in [-0.25, -0.2) is 0 Å². The second-order valence-electron chi connectivity index (χ2n) is 3.27. The maximum atomic E-state index is 9.42. The van der Waals surface area contributed by atoms with E-state index in [1.807, 2.05) is 0 Å². The zero-order valence-electron chi connectivity index (χ0n) is 7.16. The lowest BCUT2D eigenvalue weighted by molar-refractivity contribution is 0.134. The Labute approximate surface area is 68.2 Å². The smallest absolute Gasteiger partial charge is 0.0704 e. The van der Waals surface area contributed by atoms with Crippen LogP contribution in [0.5, 0.6) is 0 Å². The van der Waals surface area contributed by atoms with Gasteiger partial charge >= 0.3 is 0 Å². The highest BCUT2D eigenvalue weighted by molar-refractivity contribution is 4.79. The summed E-state index contributed by atoms with van der Waals surface area (Å²) in [5.74, 6) is 0. The van der Waals surface area contributed by atoms with Crippen molar-refractivity contribution in [3.8, 4) is 0 Å². The van der Waals surface area contributed by atoms with Crippen molar-refractivity contribution in [3.63, 3.8) is 0 Å². The zero-order chi connectivity index (χ0) is 8.27. The normalized spacial score (nSPS) is 35.2. The fourth-order valence-corrected chi connectivity index (χ4v) is 1.54. The minimum Gasteiger partial charge on any atom is -0.391 e. The molecule has 0 aromatic rings. The van der Waals surface area contributed by atoms with Gasteiger partial charge in [0.25, 0.3) is 0 Å². The molecule has 3 nitrogen and oxygen atoms in total. The summed E-state index contributed by atoms with van der Waals surface area (Å²) in [6.45, 7) is 5.10. The van der Waals surface area contributed by atoms with Crippen LogP contribution in [0, 0.1) is 0 Å². The molecule has 2 unspecified atom stereocenters. The van der Waals surface area contributed by atoms with Crippen molar-refractivity contribution in [1.82, 2.24) is 4.90 Å². The number of hydrogen-bond donors (Lipinski definition) is 2. The lowest BCUT2D eigenvalue weighted by Gasteiger charge is -2.21. The molecule has 1 heterocycles. The first kappa shape index (κ1) is 8.97. The summed E-state index contributed by atoms with van der Waals surface area (Å²) in [4.78, 5) is 2.29. The standard InChI is InChI=1S/C8H18N2O/c1-2-10-5-3-4-8(11)7(9)6-10/h7-8,11H,2-6,9H2,1H3. The second-order valence-corrected chi connectivity index (χ2v) is 3.27. The van der Waals surface area contributed by atoms with Crippen LogP contribution in [-0.4, -0.2) is 41.8 Å². The lowest BCUT2D eigenvalue weighted by Crippen LogP contribution is -2.42. The third kappa shape index (κ3) is 2.43. The molecule has 0 bridgehead atoms. The number of likely N-dealkylation sites (N-methyl/N-ethyl adjacent to an activating group) is 1. The third-order valence-electron chi connectivity index (χ3n) is 2.38. The fraction of sp³-hybridized carbons (Fsp3) is 1.00. The average Bonchev–Trinajstić information content (AvgIpc) is 2.15. The Bertz CT molecular complexity index is 119. The number of hydrogen-bond acceptors (Lipinski definition) is 3. The van der Waals surface area contributed by atoms with Gasteiger partial charge in [0.1, 0.15) is 0 Å². The molecule has 1 rings (SSSR count). The van der Waals surface area contributed by atoms with Crippen LogP contribution in [0.1, 0.15) is 19.8 Å². The van der Waals surface area contributed by atoms with Gasteiger partial charge in [0.15, 0.2) is 0 Å². The molecule has 3 heteroatoms. The summed E-state index contributed by atoms with van der Waals surface area (Å²) >= 11 is 0. The predicted octanol–water partition coefficient (Wildman–Crippen LogP) is -0.210. The molecular weight excluding hydrogens is 140 g/mol. The van der Waals surface area contributed by atoms with Crippen LogP contribution in [0.25, 0.3) is 0 Å². The summed E-state index contributed by atoms with van der Waals surface area (Å²) in [7, 11) is 0. The van der Waals surface area contributed by atoms with Gasteiger partial charge in [0, 0.05) is 12.6 Å². The van der Waals surface area contributed by atoms with E-state index in [4.69, 9.17) is 5.73 Å². The van der Waals surface area contributed by atoms with Crippen LogP contribution in [0.4, 0.5) is 0 Å². The van der Waals surface area contributed by atoms with Crippen LogP contribution in [0.15, 0.2) is 0 Å². The van der Waals surface area contributed by atoms with Crippen molar-refractivity contribution in [2.45, 2.75) is 31.9 Å². The summed E-state index contributed by atoms with van der Waals surface area (Å²) in [6, 6.07) is -0.0440. The Morgan fingerprint density at radius 1 is 1.64 bits per heavy atom. The molecule has 1 aliphatic rings. The van der Waals surface area contributed by atoms with E-state index in [1.54, 1.807) is 0 Å². The van der Waals surface area contributed by atoms with E-state index in [9.17, 15) is 5.11 Å². The summed E-state index contributed by atoms with van der Waals surface area (Å²) in [6.07, 6.45) is 1.65. The summed E-state index contributed by atoms with van der Waals surface area (Å²) in [5, 5.41) is 9.42. The van der Waals surface area contributed by atoms with Crippen LogP contribution < -0.4 is 5.73 Å². The Balaban J connectivity index is 2.41. The number of rotatable bonds is 1. The van der Waals surface area contributed by atoms with E-state index in [-0.39, 0.29) is 12.1 Å². The Hall–Kier alpha value is -0.120. The SMILES string of the molecule is CCN1CCCC(O)C(N)C1. The highest BCUT2D eigenvalue weighted by Crippen LogP contribution is 2.09. The Morgan fingerprint density at radius 2 is 2.36 bits per heavy atom. The van der Waals surface area contributed by atoms with Gasteiger partial charge in [-0.15, -0.1) is 0 Å². The van der Waals surface area contributed by atoms with Crippen molar-refractivity contribution < 1.29 is 5.11 Å². The fourth-order valence-electron chi connectivity index (χ4n) is 1.54. The van der Waals surface area contributed by atoms with Crippen LogP contribution >= 0.6 is 0 Å². The molecule has 0 aliphatic carbocycles. The van der Waals surface area contributed by atoms with Crippen LogP contribution in [0.2, 0.25) is 0 Å². The number of likely N-dealkylation sites (tertiary alicyclic amines) is 1. The first-order chi connectivity index (χ1) is 5.24. The van der Waals surface area contributed by atoms with Crippen LogP contribution in [0.3, 0.4) is 0 Å². The number of aliphatic hydroxyl groups is 1. The molecule has 2 atom stereocenters. The Morgan fingerprint density at radius 3 is 3.00 bits per heavy atom. The molecule has 66 valence electrons. The zero-order valence-corrected chi connectivity index (χ0v) is 7.16. The lowest BCUT2D eigenvalue weighted by atomic mass is 10.1.